The molecule has 5 nitrogen and oxygen atoms in total. The average Bonchev–Trinajstić information content (AvgIpc) is 2.72. The van der Waals surface area contributed by atoms with Crippen molar-refractivity contribution in [1.29, 1.82) is 0 Å². The van der Waals surface area contributed by atoms with Crippen LogP contribution in [0, 0.1) is 0 Å². The van der Waals surface area contributed by atoms with Crippen molar-refractivity contribution in [3.63, 3.8) is 0 Å². The second-order valence-electron chi connectivity index (χ2n) is 5.95. The van der Waals surface area contributed by atoms with Crippen molar-refractivity contribution >= 4 is 21.8 Å². The maximum Gasteiger partial charge on any atom is 0.253 e. The summed E-state index contributed by atoms with van der Waals surface area (Å²) in [5.41, 5.74) is 4.03. The summed E-state index contributed by atoms with van der Waals surface area (Å²) in [4.78, 5) is 8.03. The third-order valence-electron chi connectivity index (χ3n) is 3.85. The Balaban J connectivity index is 1.67. The van der Waals surface area contributed by atoms with Crippen LogP contribution in [0.5, 0.6) is 0 Å². The average molecular weight is 400 g/mol. The van der Waals surface area contributed by atoms with Gasteiger partial charge in [0.05, 0.1) is 4.90 Å². The number of thioether (sulfide) groups is 1. The molecule has 3 rings (SSSR count). The van der Waals surface area contributed by atoms with E-state index in [-0.39, 0.29) is 10.9 Å². The van der Waals surface area contributed by atoms with Crippen LogP contribution in [0.15, 0.2) is 95.0 Å². The summed E-state index contributed by atoms with van der Waals surface area (Å²) in [5, 5.41) is 0. The molecule has 2 aromatic carbocycles. The van der Waals surface area contributed by atoms with Crippen molar-refractivity contribution in [2.45, 2.75) is 22.3 Å². The molecule has 0 saturated heterocycles. The van der Waals surface area contributed by atoms with Crippen molar-refractivity contribution in [2.75, 3.05) is 5.75 Å². The van der Waals surface area contributed by atoms with Gasteiger partial charge in [-0.2, -0.15) is 0 Å². The van der Waals surface area contributed by atoms with E-state index in [2.05, 4.69) is 15.2 Å². The molecule has 3 aromatic rings. The summed E-state index contributed by atoms with van der Waals surface area (Å²) in [6.07, 6.45) is 4.18. The zero-order valence-electron chi connectivity index (χ0n) is 14.7. The number of rotatable bonds is 9. The molecule has 1 aromatic heterocycles. The summed E-state index contributed by atoms with van der Waals surface area (Å²) in [6.45, 7) is 0. The Kier molecular flexibility index (Phi) is 7.00. The first-order valence-corrected chi connectivity index (χ1v) is 11.0. The number of hydrazine groups is 1. The summed E-state index contributed by atoms with van der Waals surface area (Å²) in [5.74, 6) is 0.705. The summed E-state index contributed by atoms with van der Waals surface area (Å²) in [6, 6.07) is 22.1. The molecule has 0 unspecified atom stereocenters. The number of nitrogens with one attached hydrogen (secondary N) is 2. The third-order valence-corrected chi connectivity index (χ3v) is 6.30. The Morgan fingerprint density at radius 3 is 2.30 bits per heavy atom. The van der Waals surface area contributed by atoms with Crippen LogP contribution in [0.1, 0.15) is 5.56 Å². The molecule has 7 heteroatoms. The van der Waals surface area contributed by atoms with E-state index in [1.165, 1.54) is 0 Å². The van der Waals surface area contributed by atoms with Crippen molar-refractivity contribution in [1.82, 2.24) is 15.2 Å². The van der Waals surface area contributed by atoms with Gasteiger partial charge in [-0.3, -0.25) is 4.98 Å². The maximum atomic E-state index is 12.5. The number of pyridine rings is 1. The largest absolute Gasteiger partial charge is 0.264 e. The lowest BCUT2D eigenvalue weighted by molar-refractivity contribution is 0.504. The molecule has 1 atom stereocenters. The van der Waals surface area contributed by atoms with Gasteiger partial charge in [0, 0.05) is 29.1 Å². The molecular formula is C20H21N3O2S2. The maximum absolute atomic E-state index is 12.5. The molecule has 0 aliphatic heterocycles. The minimum Gasteiger partial charge on any atom is -0.264 e. The quantitative estimate of drug-likeness (QED) is 0.427. The van der Waals surface area contributed by atoms with Gasteiger partial charge in [-0.1, -0.05) is 42.5 Å². The zero-order chi connectivity index (χ0) is 19.0. The number of hydrogen-bond donors (Lipinski definition) is 2. The van der Waals surface area contributed by atoms with Crippen LogP contribution in [0.4, 0.5) is 0 Å². The monoisotopic (exact) mass is 399 g/mol. The number of aromatic nitrogens is 1. The Labute approximate surface area is 164 Å². The first-order chi connectivity index (χ1) is 13.1. The van der Waals surface area contributed by atoms with Crippen LogP contribution in [0.2, 0.25) is 0 Å². The summed E-state index contributed by atoms with van der Waals surface area (Å²) < 4.78 is 24.9. The van der Waals surface area contributed by atoms with Crippen molar-refractivity contribution in [2.24, 2.45) is 0 Å². The van der Waals surface area contributed by atoms with E-state index in [0.717, 1.165) is 10.5 Å². The van der Waals surface area contributed by atoms with Gasteiger partial charge in [0.2, 0.25) is 0 Å². The third kappa shape index (κ3) is 6.18. The van der Waals surface area contributed by atoms with Gasteiger partial charge in [0.15, 0.2) is 0 Å². The van der Waals surface area contributed by atoms with E-state index >= 15 is 0 Å². The van der Waals surface area contributed by atoms with Crippen LogP contribution in [-0.2, 0) is 16.4 Å². The highest BCUT2D eigenvalue weighted by Crippen LogP contribution is 2.19. The standard InChI is InChI=1S/C20H21N3O2S2/c24-27(25,20-11-5-2-6-12-20)23-22-18(14-17-8-7-13-21-15-17)16-26-19-9-3-1-4-10-19/h1-13,15,18,22-23H,14,16H2/t18-/m0/s1. The predicted octanol–water partition coefficient (Wildman–Crippen LogP) is 3.27. The predicted molar refractivity (Wildman–Crippen MR) is 109 cm³/mol. The first kappa shape index (κ1) is 19.6. The topological polar surface area (TPSA) is 71.1 Å². The fraction of sp³-hybridized carbons (Fsp3) is 0.150. The normalized spacial score (nSPS) is 12.6. The lowest BCUT2D eigenvalue weighted by atomic mass is 10.1. The SMILES string of the molecule is O=S(=O)(NN[C@H](CSc1ccccc1)Cc1cccnc1)c1ccccc1. The molecule has 140 valence electrons. The van der Waals surface area contributed by atoms with Crippen LogP contribution < -0.4 is 10.3 Å². The lowest BCUT2D eigenvalue weighted by Gasteiger charge is -2.19. The van der Waals surface area contributed by atoms with Gasteiger partial charge in [0.1, 0.15) is 0 Å². The Morgan fingerprint density at radius 2 is 1.63 bits per heavy atom. The molecule has 0 radical (unpaired) electrons. The molecule has 27 heavy (non-hydrogen) atoms. The van der Waals surface area contributed by atoms with E-state index < -0.39 is 10.0 Å². The van der Waals surface area contributed by atoms with Gasteiger partial charge in [-0.05, 0) is 42.3 Å². The smallest absolute Gasteiger partial charge is 0.253 e. The Hall–Kier alpha value is -2.19. The summed E-state index contributed by atoms with van der Waals surface area (Å²) >= 11 is 1.68. The van der Waals surface area contributed by atoms with E-state index in [1.807, 2.05) is 42.5 Å². The molecule has 0 amide bonds. The van der Waals surface area contributed by atoms with Crippen molar-refractivity contribution < 1.29 is 8.42 Å². The van der Waals surface area contributed by atoms with Crippen LogP contribution >= 0.6 is 11.8 Å². The van der Waals surface area contributed by atoms with Crippen molar-refractivity contribution in [3.8, 4) is 0 Å². The van der Waals surface area contributed by atoms with Gasteiger partial charge in [-0.25, -0.2) is 13.8 Å². The molecule has 1 heterocycles. The minimum absolute atomic E-state index is 0.0992. The second-order valence-corrected chi connectivity index (χ2v) is 8.73. The second kappa shape index (κ2) is 9.66. The van der Waals surface area contributed by atoms with E-state index in [1.54, 1.807) is 54.5 Å². The van der Waals surface area contributed by atoms with E-state index in [9.17, 15) is 8.42 Å². The van der Waals surface area contributed by atoms with Crippen LogP contribution in [0.25, 0.3) is 0 Å². The minimum atomic E-state index is -3.62. The molecule has 0 aliphatic rings. The first-order valence-electron chi connectivity index (χ1n) is 8.52. The highest BCUT2D eigenvalue weighted by molar-refractivity contribution is 7.99. The van der Waals surface area contributed by atoms with Gasteiger partial charge in [0.25, 0.3) is 10.0 Å². The van der Waals surface area contributed by atoms with Crippen molar-refractivity contribution in [3.05, 3.63) is 90.8 Å². The molecule has 0 saturated carbocycles. The van der Waals surface area contributed by atoms with Gasteiger partial charge >= 0.3 is 0 Å². The highest BCUT2D eigenvalue weighted by Gasteiger charge is 2.17. The number of nitrogens with zero attached hydrogens (tertiary/aromatic N) is 1. The summed E-state index contributed by atoms with van der Waals surface area (Å²) in [7, 11) is -3.62. The molecule has 0 bridgehead atoms. The lowest BCUT2D eigenvalue weighted by Crippen LogP contribution is -2.46. The Morgan fingerprint density at radius 1 is 0.926 bits per heavy atom. The number of sulfonamides is 1. The number of hydrogen-bond acceptors (Lipinski definition) is 5. The zero-order valence-corrected chi connectivity index (χ0v) is 16.3. The van der Waals surface area contributed by atoms with Gasteiger partial charge in [-0.15, -0.1) is 16.6 Å². The fourth-order valence-corrected chi connectivity index (χ4v) is 4.39. The molecule has 0 spiro atoms. The molecule has 2 N–H and O–H groups in total. The number of benzene rings is 2. The van der Waals surface area contributed by atoms with Crippen LogP contribution in [0.3, 0.4) is 0 Å². The molecule has 0 fully saturated rings. The molecule has 0 aliphatic carbocycles. The van der Waals surface area contributed by atoms with E-state index in [0.29, 0.717) is 12.2 Å². The van der Waals surface area contributed by atoms with Crippen LogP contribution in [-0.4, -0.2) is 25.2 Å². The van der Waals surface area contributed by atoms with E-state index in [4.69, 9.17) is 0 Å². The van der Waals surface area contributed by atoms with Gasteiger partial charge < -0.3 is 0 Å². The molecular weight excluding hydrogens is 378 g/mol. The highest BCUT2D eigenvalue weighted by atomic mass is 32.2. The fourth-order valence-electron chi connectivity index (χ4n) is 2.49. The Bertz CT molecular complexity index is 921.